The van der Waals surface area contributed by atoms with Crippen molar-refractivity contribution in [1.29, 1.82) is 0 Å². The van der Waals surface area contributed by atoms with Gasteiger partial charge in [-0.25, -0.2) is 13.1 Å². The van der Waals surface area contributed by atoms with Crippen molar-refractivity contribution in [3.05, 3.63) is 76.5 Å². The van der Waals surface area contributed by atoms with Crippen molar-refractivity contribution in [2.75, 3.05) is 0 Å². The fourth-order valence-electron chi connectivity index (χ4n) is 3.33. The Balaban J connectivity index is 1.58. The molecular weight excluding hydrogens is 471 g/mol. The Labute approximate surface area is 196 Å². The topological polar surface area (TPSA) is 86.1 Å². The normalized spacial score (nSPS) is 12.8. The molecule has 7 nitrogen and oxygen atoms in total. The first-order valence-corrected chi connectivity index (χ1v) is 12.1. The van der Waals surface area contributed by atoms with Crippen LogP contribution >= 0.6 is 23.2 Å². The van der Waals surface area contributed by atoms with Crippen molar-refractivity contribution in [2.24, 2.45) is 0 Å². The highest BCUT2D eigenvalue weighted by Crippen LogP contribution is 2.28. The number of nitrogens with one attached hydrogen (secondary N) is 1. The molecule has 4 rings (SSSR count). The number of nitrogens with zero attached hydrogens (tertiary/aromatic N) is 3. The first-order valence-electron chi connectivity index (χ1n) is 9.85. The van der Waals surface area contributed by atoms with Gasteiger partial charge in [0.1, 0.15) is 5.75 Å². The van der Waals surface area contributed by atoms with Gasteiger partial charge in [-0.2, -0.15) is 0 Å². The number of benzene rings is 3. The molecule has 0 amide bonds. The van der Waals surface area contributed by atoms with E-state index in [-0.39, 0.29) is 21.0 Å². The summed E-state index contributed by atoms with van der Waals surface area (Å²) in [4.78, 5) is 0.00829. The van der Waals surface area contributed by atoms with E-state index in [2.05, 4.69) is 14.9 Å². The summed E-state index contributed by atoms with van der Waals surface area (Å²) >= 11 is 11.9. The Morgan fingerprint density at radius 1 is 1.00 bits per heavy atom. The Bertz CT molecular complexity index is 1390. The standard InChI is InChI=1S/C22H20Cl2N4O3S/c1-3-28-21(14(2)27-32(29,30)18-10-11-19(23)20(24)13-18)25-26-22(28)31-17-9-8-15-6-4-5-7-16(15)12-17/h4-14,27H,3H2,1-2H3/t14-/m1/s1. The van der Waals surface area contributed by atoms with E-state index in [1.807, 2.05) is 49.4 Å². The van der Waals surface area contributed by atoms with Crippen molar-refractivity contribution in [2.45, 2.75) is 31.3 Å². The lowest BCUT2D eigenvalue weighted by atomic mass is 10.1. The summed E-state index contributed by atoms with van der Waals surface area (Å²) in [5, 5.41) is 10.9. The van der Waals surface area contributed by atoms with Crippen molar-refractivity contribution in [3.63, 3.8) is 0 Å². The van der Waals surface area contributed by atoms with Crippen LogP contribution in [0.4, 0.5) is 0 Å². The lowest BCUT2D eigenvalue weighted by molar-refractivity contribution is 0.408. The van der Waals surface area contributed by atoms with Gasteiger partial charge < -0.3 is 4.74 Å². The lowest BCUT2D eigenvalue weighted by Crippen LogP contribution is -2.29. The minimum absolute atomic E-state index is 0.00829. The quantitative estimate of drug-likeness (QED) is 0.364. The molecule has 0 fully saturated rings. The number of rotatable bonds is 7. The molecule has 0 aliphatic rings. The molecule has 0 aliphatic heterocycles. The van der Waals surface area contributed by atoms with Crippen molar-refractivity contribution in [3.8, 4) is 11.8 Å². The first kappa shape index (κ1) is 22.5. The van der Waals surface area contributed by atoms with E-state index in [0.29, 0.717) is 18.1 Å². The van der Waals surface area contributed by atoms with Gasteiger partial charge in [0.05, 0.1) is 21.0 Å². The van der Waals surface area contributed by atoms with Crippen LogP contribution in [-0.2, 0) is 16.6 Å². The molecule has 1 atom stereocenters. The second kappa shape index (κ2) is 9.07. The molecule has 1 heterocycles. The van der Waals surface area contributed by atoms with Crippen molar-refractivity contribution in [1.82, 2.24) is 19.5 Å². The van der Waals surface area contributed by atoms with E-state index in [1.165, 1.54) is 18.2 Å². The Morgan fingerprint density at radius 3 is 2.47 bits per heavy atom. The summed E-state index contributed by atoms with van der Waals surface area (Å²) in [6.07, 6.45) is 0. The van der Waals surface area contributed by atoms with Gasteiger partial charge >= 0.3 is 6.01 Å². The number of aromatic nitrogens is 3. The SMILES string of the molecule is CCn1c(Oc2ccc3ccccc3c2)nnc1[C@@H](C)NS(=O)(=O)c1ccc(Cl)c(Cl)c1. The molecule has 0 spiro atoms. The van der Waals surface area contributed by atoms with Gasteiger partial charge in [0.2, 0.25) is 10.0 Å². The van der Waals surface area contributed by atoms with Crippen molar-refractivity contribution < 1.29 is 13.2 Å². The van der Waals surface area contributed by atoms with E-state index in [9.17, 15) is 8.42 Å². The number of fused-ring (bicyclic) bond motifs is 1. The van der Waals surface area contributed by atoms with Gasteiger partial charge in [-0.05, 0) is 55.0 Å². The summed E-state index contributed by atoms with van der Waals surface area (Å²) < 4.78 is 35.9. The summed E-state index contributed by atoms with van der Waals surface area (Å²) in [6, 6.07) is 17.4. The van der Waals surface area contributed by atoms with Gasteiger partial charge in [-0.1, -0.05) is 58.6 Å². The van der Waals surface area contributed by atoms with Crippen LogP contribution in [0.1, 0.15) is 25.7 Å². The van der Waals surface area contributed by atoms with Crippen LogP contribution in [0.5, 0.6) is 11.8 Å². The van der Waals surface area contributed by atoms with Gasteiger partial charge in [0.25, 0.3) is 0 Å². The monoisotopic (exact) mass is 490 g/mol. The zero-order chi connectivity index (χ0) is 22.9. The van der Waals surface area contributed by atoms with Crippen LogP contribution in [0.2, 0.25) is 10.0 Å². The number of halogens is 2. The first-order chi connectivity index (χ1) is 15.3. The van der Waals surface area contributed by atoms with Crippen LogP contribution in [0.3, 0.4) is 0 Å². The van der Waals surface area contributed by atoms with Crippen LogP contribution < -0.4 is 9.46 Å². The maximum atomic E-state index is 12.8. The highest BCUT2D eigenvalue weighted by atomic mass is 35.5. The molecule has 1 N–H and O–H groups in total. The predicted molar refractivity (Wildman–Crippen MR) is 125 cm³/mol. The van der Waals surface area contributed by atoms with Gasteiger partial charge in [0.15, 0.2) is 5.82 Å². The molecule has 0 saturated carbocycles. The number of hydrogen-bond donors (Lipinski definition) is 1. The summed E-state index contributed by atoms with van der Waals surface area (Å²) in [5.41, 5.74) is 0. The fraction of sp³-hybridized carbons (Fsp3) is 0.182. The van der Waals surface area contributed by atoms with Crippen molar-refractivity contribution >= 4 is 44.0 Å². The summed E-state index contributed by atoms with van der Waals surface area (Å²) in [6.45, 7) is 4.08. The molecule has 3 aromatic carbocycles. The zero-order valence-electron chi connectivity index (χ0n) is 17.3. The van der Waals surface area contributed by atoms with E-state index in [4.69, 9.17) is 27.9 Å². The Morgan fingerprint density at radius 2 is 1.75 bits per heavy atom. The number of ether oxygens (including phenoxy) is 1. The molecule has 0 bridgehead atoms. The van der Waals surface area contributed by atoms with Crippen LogP contribution in [0.15, 0.2) is 65.6 Å². The highest BCUT2D eigenvalue weighted by Gasteiger charge is 2.24. The molecule has 0 saturated heterocycles. The van der Waals surface area contributed by atoms with Crippen LogP contribution in [0, 0.1) is 0 Å². The number of sulfonamides is 1. The average molecular weight is 491 g/mol. The summed E-state index contributed by atoms with van der Waals surface area (Å²) in [7, 11) is -3.86. The predicted octanol–water partition coefficient (Wildman–Crippen LogP) is 5.59. The Kier molecular flexibility index (Phi) is 6.39. The van der Waals surface area contributed by atoms with Crippen LogP contribution in [-0.4, -0.2) is 23.2 Å². The van der Waals surface area contributed by atoms with E-state index in [1.54, 1.807) is 11.5 Å². The van der Waals surface area contributed by atoms with Gasteiger partial charge in [-0.15, -0.1) is 5.10 Å². The van der Waals surface area contributed by atoms with Gasteiger partial charge in [0, 0.05) is 6.54 Å². The lowest BCUT2D eigenvalue weighted by Gasteiger charge is -2.15. The maximum absolute atomic E-state index is 12.8. The molecule has 0 aliphatic carbocycles. The second-order valence-electron chi connectivity index (χ2n) is 7.11. The minimum atomic E-state index is -3.86. The molecule has 0 radical (unpaired) electrons. The molecule has 1 aromatic heterocycles. The maximum Gasteiger partial charge on any atom is 0.322 e. The molecule has 4 aromatic rings. The fourth-order valence-corrected chi connectivity index (χ4v) is 4.92. The Hall–Kier alpha value is -2.65. The molecule has 0 unspecified atom stereocenters. The van der Waals surface area contributed by atoms with E-state index in [0.717, 1.165) is 10.8 Å². The smallest absolute Gasteiger partial charge is 0.322 e. The summed E-state index contributed by atoms with van der Waals surface area (Å²) in [5.74, 6) is 1.04. The minimum Gasteiger partial charge on any atom is -0.424 e. The molecule has 10 heteroatoms. The molecular formula is C22H20Cl2N4O3S. The highest BCUT2D eigenvalue weighted by molar-refractivity contribution is 7.89. The number of hydrogen-bond acceptors (Lipinski definition) is 5. The second-order valence-corrected chi connectivity index (χ2v) is 9.64. The third kappa shape index (κ3) is 4.59. The third-order valence-electron chi connectivity index (χ3n) is 4.91. The molecule has 166 valence electrons. The average Bonchev–Trinajstić information content (AvgIpc) is 3.17. The molecule has 32 heavy (non-hydrogen) atoms. The van der Waals surface area contributed by atoms with E-state index >= 15 is 0 Å². The van der Waals surface area contributed by atoms with E-state index < -0.39 is 16.1 Å². The zero-order valence-corrected chi connectivity index (χ0v) is 19.6. The van der Waals surface area contributed by atoms with Gasteiger partial charge in [-0.3, -0.25) is 4.57 Å². The largest absolute Gasteiger partial charge is 0.424 e. The van der Waals surface area contributed by atoms with Crippen LogP contribution in [0.25, 0.3) is 10.8 Å². The third-order valence-corrected chi connectivity index (χ3v) is 7.19.